The molecule has 0 bridgehead atoms. The van der Waals surface area contributed by atoms with Gasteiger partial charge in [-0.05, 0) is 67.1 Å². The molecular weight excluding hydrogens is 324 g/mol. The van der Waals surface area contributed by atoms with Crippen LogP contribution in [0, 0.1) is 35.0 Å². The largest absolute Gasteiger partial charge is 0.0654 e. The molecule has 5 atom stereocenters. The molecule has 0 radical (unpaired) electrons. The molecule has 0 heteroatoms. The van der Waals surface area contributed by atoms with Gasteiger partial charge < -0.3 is 0 Å². The Morgan fingerprint density at radius 1 is 0.778 bits per heavy atom. The van der Waals surface area contributed by atoms with E-state index in [4.69, 9.17) is 0 Å². The summed E-state index contributed by atoms with van der Waals surface area (Å²) < 4.78 is 0. The van der Waals surface area contributed by atoms with Crippen LogP contribution in [0.1, 0.15) is 138 Å². The first-order chi connectivity index (χ1) is 12.8. The lowest BCUT2D eigenvalue weighted by molar-refractivity contribution is 0.244. The molecule has 0 aromatic heterocycles. The number of unbranched alkanes of at least 4 members (excludes halogenated alkanes) is 4. The lowest BCUT2D eigenvalue weighted by atomic mass is 9.79. The van der Waals surface area contributed by atoms with Gasteiger partial charge in [-0.25, -0.2) is 0 Å². The van der Waals surface area contributed by atoms with E-state index in [9.17, 15) is 0 Å². The monoisotopic (exact) mass is 378 g/mol. The zero-order valence-corrected chi connectivity index (χ0v) is 20.3. The Morgan fingerprint density at radius 2 is 1.41 bits per heavy atom. The second-order valence-corrected chi connectivity index (χ2v) is 11.1. The molecular formula is C27H54. The SMILES string of the molecule is CCCCCC(C)C(CCC(C)C)CCC(C)CC1(C)CC1CCCCC. The van der Waals surface area contributed by atoms with Crippen molar-refractivity contribution in [1.82, 2.24) is 0 Å². The van der Waals surface area contributed by atoms with Crippen molar-refractivity contribution in [3.05, 3.63) is 0 Å². The zero-order valence-electron chi connectivity index (χ0n) is 20.3. The summed E-state index contributed by atoms with van der Waals surface area (Å²) in [6.45, 7) is 17.1. The van der Waals surface area contributed by atoms with E-state index in [1.807, 2.05) is 0 Å². The molecule has 0 N–H and O–H groups in total. The van der Waals surface area contributed by atoms with Crippen molar-refractivity contribution in [2.24, 2.45) is 35.0 Å². The maximum Gasteiger partial charge on any atom is -0.0292 e. The summed E-state index contributed by atoms with van der Waals surface area (Å²) in [5.74, 6) is 4.74. The van der Waals surface area contributed by atoms with Crippen LogP contribution >= 0.6 is 0 Å². The minimum absolute atomic E-state index is 0.702. The minimum Gasteiger partial charge on any atom is -0.0654 e. The van der Waals surface area contributed by atoms with Crippen LogP contribution in [0.4, 0.5) is 0 Å². The van der Waals surface area contributed by atoms with Crippen LogP contribution < -0.4 is 0 Å². The summed E-state index contributed by atoms with van der Waals surface area (Å²) in [7, 11) is 0. The highest BCUT2D eigenvalue weighted by Crippen LogP contribution is 2.59. The molecule has 0 aromatic carbocycles. The van der Waals surface area contributed by atoms with Gasteiger partial charge in [0.05, 0.1) is 0 Å². The molecule has 1 saturated carbocycles. The standard InChI is InChI=1S/C27H54/c1-8-10-12-14-24(6)25(18-16-22(3)4)19-17-23(5)20-27(7)21-26(27)15-13-11-9-2/h22-26H,8-21H2,1-7H3. The second-order valence-electron chi connectivity index (χ2n) is 11.1. The lowest BCUT2D eigenvalue weighted by Crippen LogP contribution is -2.15. The summed E-state index contributed by atoms with van der Waals surface area (Å²) in [6.07, 6.45) is 20.3. The molecule has 1 rings (SSSR count). The van der Waals surface area contributed by atoms with Crippen molar-refractivity contribution < 1.29 is 0 Å². The maximum absolute atomic E-state index is 2.59. The minimum atomic E-state index is 0.702. The Labute approximate surface area is 173 Å². The Kier molecular flexibility index (Phi) is 12.3. The van der Waals surface area contributed by atoms with Crippen molar-refractivity contribution in [2.45, 2.75) is 138 Å². The first-order valence-corrected chi connectivity index (χ1v) is 12.8. The van der Waals surface area contributed by atoms with Gasteiger partial charge in [-0.2, -0.15) is 0 Å². The highest BCUT2D eigenvalue weighted by Gasteiger charge is 2.49. The van der Waals surface area contributed by atoms with Crippen molar-refractivity contribution in [3.63, 3.8) is 0 Å². The number of hydrogen-bond acceptors (Lipinski definition) is 0. The average molecular weight is 379 g/mol. The van der Waals surface area contributed by atoms with E-state index in [1.54, 1.807) is 0 Å². The summed E-state index contributed by atoms with van der Waals surface area (Å²) >= 11 is 0. The van der Waals surface area contributed by atoms with E-state index in [0.29, 0.717) is 5.41 Å². The molecule has 0 saturated heterocycles. The van der Waals surface area contributed by atoms with Gasteiger partial charge in [-0.15, -0.1) is 0 Å². The molecule has 0 nitrogen and oxygen atoms in total. The van der Waals surface area contributed by atoms with Gasteiger partial charge in [0.2, 0.25) is 0 Å². The van der Waals surface area contributed by atoms with Gasteiger partial charge >= 0.3 is 0 Å². The third kappa shape index (κ3) is 10.4. The van der Waals surface area contributed by atoms with E-state index in [-0.39, 0.29) is 0 Å². The summed E-state index contributed by atoms with van der Waals surface area (Å²) in [5.41, 5.74) is 0.702. The molecule has 27 heavy (non-hydrogen) atoms. The maximum atomic E-state index is 2.59. The predicted molar refractivity (Wildman–Crippen MR) is 124 cm³/mol. The summed E-state index contributed by atoms with van der Waals surface area (Å²) in [6, 6.07) is 0. The van der Waals surface area contributed by atoms with Crippen LogP contribution in [-0.4, -0.2) is 0 Å². The van der Waals surface area contributed by atoms with Gasteiger partial charge in [0.1, 0.15) is 0 Å². The van der Waals surface area contributed by atoms with Crippen LogP contribution in [0.5, 0.6) is 0 Å². The Morgan fingerprint density at radius 3 is 2.04 bits per heavy atom. The quantitative estimate of drug-likeness (QED) is 0.221. The summed E-state index contributed by atoms with van der Waals surface area (Å²) in [4.78, 5) is 0. The third-order valence-corrected chi connectivity index (χ3v) is 7.72. The van der Waals surface area contributed by atoms with Crippen molar-refractivity contribution in [3.8, 4) is 0 Å². The fourth-order valence-electron chi connectivity index (χ4n) is 5.45. The van der Waals surface area contributed by atoms with E-state index in [0.717, 1.165) is 29.6 Å². The molecule has 1 fully saturated rings. The van der Waals surface area contributed by atoms with Crippen LogP contribution in [0.15, 0.2) is 0 Å². The zero-order chi connectivity index (χ0) is 20.3. The molecule has 0 spiro atoms. The van der Waals surface area contributed by atoms with Crippen molar-refractivity contribution >= 4 is 0 Å². The topological polar surface area (TPSA) is 0 Å². The number of rotatable bonds is 17. The fraction of sp³-hybridized carbons (Fsp3) is 1.00. The van der Waals surface area contributed by atoms with Crippen LogP contribution in [0.2, 0.25) is 0 Å². The smallest absolute Gasteiger partial charge is 0.0292 e. The highest BCUT2D eigenvalue weighted by atomic mass is 14.5. The first-order valence-electron chi connectivity index (χ1n) is 12.8. The lowest BCUT2D eigenvalue weighted by Gasteiger charge is -2.27. The molecule has 0 aromatic rings. The van der Waals surface area contributed by atoms with Gasteiger partial charge in [0.25, 0.3) is 0 Å². The van der Waals surface area contributed by atoms with Crippen LogP contribution in [-0.2, 0) is 0 Å². The molecule has 1 aliphatic carbocycles. The molecule has 0 aliphatic heterocycles. The first kappa shape index (κ1) is 25.0. The molecule has 0 amide bonds. The van der Waals surface area contributed by atoms with Gasteiger partial charge in [-0.3, -0.25) is 0 Å². The van der Waals surface area contributed by atoms with Crippen molar-refractivity contribution in [1.29, 1.82) is 0 Å². The third-order valence-electron chi connectivity index (χ3n) is 7.72. The normalized spacial score (nSPS) is 25.6. The van der Waals surface area contributed by atoms with Gasteiger partial charge in [0, 0.05) is 0 Å². The number of hydrogen-bond donors (Lipinski definition) is 0. The van der Waals surface area contributed by atoms with Crippen molar-refractivity contribution in [2.75, 3.05) is 0 Å². The van der Waals surface area contributed by atoms with E-state index in [1.165, 1.54) is 89.9 Å². The van der Waals surface area contributed by atoms with E-state index in [2.05, 4.69) is 48.5 Å². The Hall–Kier alpha value is 0. The molecule has 1 aliphatic rings. The van der Waals surface area contributed by atoms with Gasteiger partial charge in [0.15, 0.2) is 0 Å². The Balaban J connectivity index is 2.37. The van der Waals surface area contributed by atoms with Crippen LogP contribution in [0.3, 0.4) is 0 Å². The highest BCUT2D eigenvalue weighted by molar-refractivity contribution is 4.99. The van der Waals surface area contributed by atoms with E-state index < -0.39 is 0 Å². The van der Waals surface area contributed by atoms with Crippen LogP contribution in [0.25, 0.3) is 0 Å². The predicted octanol–water partition coefficient (Wildman–Crippen LogP) is 9.67. The fourth-order valence-corrected chi connectivity index (χ4v) is 5.45. The van der Waals surface area contributed by atoms with Gasteiger partial charge in [-0.1, -0.05) is 106 Å². The van der Waals surface area contributed by atoms with E-state index >= 15 is 0 Å². The molecule has 5 unspecified atom stereocenters. The second kappa shape index (κ2) is 13.3. The molecule has 162 valence electrons. The average Bonchev–Trinajstić information content (AvgIpc) is 3.24. The molecule has 0 heterocycles. The summed E-state index contributed by atoms with van der Waals surface area (Å²) in [5, 5.41) is 0. The Bertz CT molecular complexity index is 357.